The number of aryl methyl sites for hydroxylation is 1. The summed E-state index contributed by atoms with van der Waals surface area (Å²) >= 11 is 0. The second-order valence-electron chi connectivity index (χ2n) is 5.71. The normalized spacial score (nSPS) is 10.8. The lowest BCUT2D eigenvalue weighted by molar-refractivity contribution is 0.0430. The molecule has 2 aromatic carbocycles. The van der Waals surface area contributed by atoms with Crippen molar-refractivity contribution in [3.8, 4) is 11.4 Å². The van der Waals surface area contributed by atoms with Crippen molar-refractivity contribution in [2.24, 2.45) is 0 Å². The summed E-state index contributed by atoms with van der Waals surface area (Å²) in [5.41, 5.74) is 3.71. The summed E-state index contributed by atoms with van der Waals surface area (Å²) in [6.07, 6.45) is 3.17. The predicted molar refractivity (Wildman–Crippen MR) is 93.1 cm³/mol. The molecule has 2 heterocycles. The highest BCUT2D eigenvalue weighted by Crippen LogP contribution is 2.17. The molecule has 0 bridgehead atoms. The lowest BCUT2D eigenvalue weighted by Crippen LogP contribution is -2.05. The molecule has 2 aromatic heterocycles. The van der Waals surface area contributed by atoms with E-state index in [4.69, 9.17) is 9.26 Å². The first-order valence-electron chi connectivity index (χ1n) is 7.96. The Kier molecular flexibility index (Phi) is 4.10. The molecule has 128 valence electrons. The van der Waals surface area contributed by atoms with Gasteiger partial charge in [0.2, 0.25) is 5.82 Å². The maximum atomic E-state index is 12.2. The summed E-state index contributed by atoms with van der Waals surface area (Å²) in [5, 5.41) is 3.91. The van der Waals surface area contributed by atoms with Crippen LogP contribution in [0.3, 0.4) is 0 Å². The first-order valence-corrected chi connectivity index (χ1v) is 7.96. The minimum Gasteiger partial charge on any atom is -0.452 e. The fraction of sp³-hybridized carbons (Fsp3) is 0.105. The Balaban J connectivity index is 1.45. The molecule has 0 aliphatic carbocycles. The monoisotopic (exact) mass is 346 g/mol. The van der Waals surface area contributed by atoms with E-state index in [0.29, 0.717) is 22.4 Å². The number of ether oxygens (including phenoxy) is 1. The van der Waals surface area contributed by atoms with Crippen LogP contribution in [-0.2, 0) is 11.3 Å². The third-order valence-electron chi connectivity index (χ3n) is 3.81. The molecule has 0 saturated heterocycles. The van der Waals surface area contributed by atoms with Gasteiger partial charge in [0.05, 0.1) is 16.6 Å². The molecule has 0 N–H and O–H groups in total. The van der Waals surface area contributed by atoms with Crippen molar-refractivity contribution in [2.45, 2.75) is 13.5 Å². The van der Waals surface area contributed by atoms with Gasteiger partial charge in [-0.15, -0.1) is 0 Å². The minimum atomic E-state index is -0.493. The van der Waals surface area contributed by atoms with E-state index in [1.807, 2.05) is 31.2 Å². The van der Waals surface area contributed by atoms with Crippen LogP contribution in [0.2, 0.25) is 0 Å². The van der Waals surface area contributed by atoms with E-state index in [9.17, 15) is 4.79 Å². The van der Waals surface area contributed by atoms with Crippen LogP contribution in [0.25, 0.3) is 22.4 Å². The van der Waals surface area contributed by atoms with E-state index >= 15 is 0 Å². The van der Waals surface area contributed by atoms with Gasteiger partial charge in [0, 0.05) is 18.0 Å². The zero-order chi connectivity index (χ0) is 17.9. The van der Waals surface area contributed by atoms with Crippen molar-refractivity contribution in [3.63, 3.8) is 0 Å². The van der Waals surface area contributed by atoms with Crippen LogP contribution < -0.4 is 0 Å². The van der Waals surface area contributed by atoms with Crippen molar-refractivity contribution in [1.29, 1.82) is 0 Å². The number of nitrogens with zero attached hydrogens (tertiary/aromatic N) is 4. The number of esters is 1. The minimum absolute atomic E-state index is 0.101. The second kappa shape index (κ2) is 6.72. The highest BCUT2D eigenvalue weighted by atomic mass is 16.6. The summed E-state index contributed by atoms with van der Waals surface area (Å²) in [6, 6.07) is 12.8. The Hall–Kier alpha value is -3.61. The van der Waals surface area contributed by atoms with Crippen LogP contribution in [0.1, 0.15) is 21.8 Å². The highest BCUT2D eigenvalue weighted by Gasteiger charge is 2.13. The fourth-order valence-corrected chi connectivity index (χ4v) is 2.43. The van der Waals surface area contributed by atoms with Crippen LogP contribution >= 0.6 is 0 Å². The molecular weight excluding hydrogens is 332 g/mol. The van der Waals surface area contributed by atoms with Gasteiger partial charge in [0.15, 0.2) is 6.61 Å². The van der Waals surface area contributed by atoms with Gasteiger partial charge in [-0.05, 0) is 25.1 Å². The van der Waals surface area contributed by atoms with E-state index in [-0.39, 0.29) is 12.5 Å². The molecule has 0 radical (unpaired) electrons. The Labute approximate surface area is 148 Å². The number of hydrogen-bond acceptors (Lipinski definition) is 7. The summed E-state index contributed by atoms with van der Waals surface area (Å²) < 4.78 is 10.4. The quantitative estimate of drug-likeness (QED) is 0.523. The molecule has 7 heteroatoms. The molecule has 26 heavy (non-hydrogen) atoms. The first kappa shape index (κ1) is 15.9. The molecule has 4 aromatic rings. The topological polar surface area (TPSA) is 91.0 Å². The lowest BCUT2D eigenvalue weighted by atomic mass is 10.1. The van der Waals surface area contributed by atoms with Gasteiger partial charge >= 0.3 is 5.97 Å². The fourth-order valence-electron chi connectivity index (χ4n) is 2.43. The van der Waals surface area contributed by atoms with E-state index in [0.717, 1.165) is 11.1 Å². The van der Waals surface area contributed by atoms with Crippen LogP contribution in [0.4, 0.5) is 0 Å². The SMILES string of the molecule is Cc1ccc(-c2noc(COC(=O)c3ccc4nccnc4c3)n2)cc1. The van der Waals surface area contributed by atoms with Crippen molar-refractivity contribution >= 4 is 17.0 Å². The molecule has 0 aliphatic heterocycles. The van der Waals surface area contributed by atoms with Gasteiger partial charge < -0.3 is 9.26 Å². The molecule has 0 saturated carbocycles. The largest absolute Gasteiger partial charge is 0.452 e. The van der Waals surface area contributed by atoms with E-state index < -0.39 is 5.97 Å². The molecule has 0 fully saturated rings. The average molecular weight is 346 g/mol. The number of fused-ring (bicyclic) bond motifs is 1. The van der Waals surface area contributed by atoms with Crippen molar-refractivity contribution < 1.29 is 14.1 Å². The number of benzene rings is 2. The van der Waals surface area contributed by atoms with Gasteiger partial charge in [-0.25, -0.2) is 4.79 Å². The number of carbonyl (C=O) groups is 1. The van der Waals surface area contributed by atoms with Crippen LogP contribution in [0.15, 0.2) is 59.4 Å². The molecule has 4 rings (SSSR count). The molecule has 0 aliphatic rings. The number of rotatable bonds is 4. The number of carbonyl (C=O) groups excluding carboxylic acids is 1. The average Bonchev–Trinajstić information content (AvgIpc) is 3.15. The van der Waals surface area contributed by atoms with Crippen molar-refractivity contribution in [3.05, 3.63) is 71.9 Å². The third-order valence-corrected chi connectivity index (χ3v) is 3.81. The third kappa shape index (κ3) is 3.27. The summed E-state index contributed by atoms with van der Waals surface area (Å²) in [4.78, 5) is 24.8. The van der Waals surface area contributed by atoms with E-state index in [1.54, 1.807) is 30.6 Å². The first-order chi connectivity index (χ1) is 12.7. The number of aromatic nitrogens is 4. The van der Waals surface area contributed by atoms with Crippen LogP contribution in [0.5, 0.6) is 0 Å². The van der Waals surface area contributed by atoms with Gasteiger partial charge in [0.1, 0.15) is 0 Å². The van der Waals surface area contributed by atoms with Crippen LogP contribution in [-0.4, -0.2) is 26.1 Å². The van der Waals surface area contributed by atoms with Gasteiger partial charge in [-0.3, -0.25) is 9.97 Å². The molecule has 0 unspecified atom stereocenters. The van der Waals surface area contributed by atoms with Crippen molar-refractivity contribution in [1.82, 2.24) is 20.1 Å². The van der Waals surface area contributed by atoms with Crippen LogP contribution in [0, 0.1) is 6.92 Å². The Morgan fingerprint density at radius 1 is 1.04 bits per heavy atom. The smallest absolute Gasteiger partial charge is 0.338 e. The maximum absolute atomic E-state index is 12.2. The van der Waals surface area contributed by atoms with E-state index in [1.165, 1.54) is 0 Å². The number of hydrogen-bond donors (Lipinski definition) is 0. The van der Waals surface area contributed by atoms with Crippen molar-refractivity contribution in [2.75, 3.05) is 0 Å². The van der Waals surface area contributed by atoms with Gasteiger partial charge in [0.25, 0.3) is 5.89 Å². The molecule has 0 amide bonds. The molecule has 0 atom stereocenters. The lowest BCUT2D eigenvalue weighted by Gasteiger charge is -2.03. The second-order valence-corrected chi connectivity index (χ2v) is 5.71. The summed E-state index contributed by atoms with van der Waals surface area (Å²) in [5.74, 6) is 0.194. The Bertz CT molecular complexity index is 1070. The predicted octanol–water partition coefficient (Wildman–Crippen LogP) is 3.35. The zero-order valence-corrected chi connectivity index (χ0v) is 13.9. The highest BCUT2D eigenvalue weighted by molar-refractivity contribution is 5.93. The molecule has 0 spiro atoms. The maximum Gasteiger partial charge on any atom is 0.338 e. The molecular formula is C19H14N4O3. The van der Waals surface area contributed by atoms with Gasteiger partial charge in [-0.1, -0.05) is 35.0 Å². The van der Waals surface area contributed by atoms with E-state index in [2.05, 4.69) is 20.1 Å². The molecule has 7 nitrogen and oxygen atoms in total. The summed E-state index contributed by atoms with van der Waals surface area (Å²) in [6.45, 7) is 1.90. The van der Waals surface area contributed by atoms with Gasteiger partial charge in [-0.2, -0.15) is 4.98 Å². The zero-order valence-electron chi connectivity index (χ0n) is 13.9. The Morgan fingerprint density at radius 2 is 1.81 bits per heavy atom. The Morgan fingerprint density at radius 3 is 2.62 bits per heavy atom. The standard InChI is InChI=1S/C19H14N4O3/c1-12-2-4-13(5-3-12)18-22-17(26-23-18)11-25-19(24)14-6-7-15-16(10-14)21-9-8-20-15/h2-10H,11H2,1H3. The summed E-state index contributed by atoms with van der Waals surface area (Å²) in [7, 11) is 0.